The first kappa shape index (κ1) is 16.3. The van der Waals surface area contributed by atoms with Crippen molar-refractivity contribution in [1.82, 2.24) is 4.90 Å². The van der Waals surface area contributed by atoms with E-state index in [4.69, 9.17) is 10.5 Å². The second-order valence-corrected chi connectivity index (χ2v) is 5.77. The maximum atomic E-state index is 12.2. The number of ether oxygens (including phenoxy) is 1. The minimum absolute atomic E-state index is 0.209. The van der Waals surface area contributed by atoms with Gasteiger partial charge >= 0.3 is 12.0 Å². The van der Waals surface area contributed by atoms with E-state index in [1.807, 2.05) is 18.2 Å². The molecule has 2 amide bonds. The summed E-state index contributed by atoms with van der Waals surface area (Å²) in [6.45, 7) is 3.46. The van der Waals surface area contributed by atoms with Gasteiger partial charge in [-0.2, -0.15) is 0 Å². The van der Waals surface area contributed by atoms with Crippen molar-refractivity contribution >= 4 is 12.0 Å². The first-order valence-corrected chi connectivity index (χ1v) is 7.87. The molecule has 0 radical (unpaired) electrons. The van der Waals surface area contributed by atoms with E-state index in [1.54, 1.807) is 0 Å². The molecule has 1 aromatic carbocycles. The molecular formula is C17H24N2O3. The maximum absolute atomic E-state index is 12.2. The van der Waals surface area contributed by atoms with Crippen LogP contribution in [-0.4, -0.2) is 36.6 Å². The van der Waals surface area contributed by atoms with Crippen molar-refractivity contribution in [3.63, 3.8) is 0 Å². The normalized spacial score (nSPS) is 19.5. The lowest BCUT2D eigenvalue weighted by Gasteiger charge is -2.30. The standard InChI is InChI=1S/C17H24N2O3/c1-2-13(14-7-4-3-5-8-14)12-22-16(20)15-9-6-10-19(11-15)17(18)21/h3-5,7-8,13,15H,2,6,9-12H2,1H3,(H2,18,21)/t13-,15+/m0/s1. The maximum Gasteiger partial charge on any atom is 0.314 e. The third-order valence-electron chi connectivity index (χ3n) is 4.26. The molecule has 1 heterocycles. The van der Waals surface area contributed by atoms with Gasteiger partial charge in [0, 0.05) is 19.0 Å². The molecule has 0 bridgehead atoms. The molecular weight excluding hydrogens is 280 g/mol. The average molecular weight is 304 g/mol. The van der Waals surface area contributed by atoms with E-state index < -0.39 is 6.03 Å². The molecule has 2 rings (SSSR count). The predicted octanol–water partition coefficient (Wildman–Crippen LogP) is 2.51. The molecule has 1 aliphatic heterocycles. The highest BCUT2D eigenvalue weighted by Gasteiger charge is 2.29. The Morgan fingerprint density at radius 2 is 2.09 bits per heavy atom. The van der Waals surface area contributed by atoms with E-state index in [9.17, 15) is 9.59 Å². The topological polar surface area (TPSA) is 72.6 Å². The van der Waals surface area contributed by atoms with Crippen molar-refractivity contribution in [3.05, 3.63) is 35.9 Å². The summed E-state index contributed by atoms with van der Waals surface area (Å²) in [6, 6.07) is 9.60. The van der Waals surface area contributed by atoms with Gasteiger partial charge in [-0.05, 0) is 24.8 Å². The number of urea groups is 1. The average Bonchev–Trinajstić information content (AvgIpc) is 2.56. The van der Waals surface area contributed by atoms with Crippen LogP contribution in [0.15, 0.2) is 30.3 Å². The quantitative estimate of drug-likeness (QED) is 0.850. The Morgan fingerprint density at radius 1 is 1.36 bits per heavy atom. The van der Waals surface area contributed by atoms with Crippen LogP contribution < -0.4 is 5.73 Å². The zero-order valence-corrected chi connectivity index (χ0v) is 13.0. The second-order valence-electron chi connectivity index (χ2n) is 5.77. The fourth-order valence-electron chi connectivity index (χ4n) is 2.85. The summed E-state index contributed by atoms with van der Waals surface area (Å²) in [7, 11) is 0. The third kappa shape index (κ3) is 4.23. The Kier molecular flexibility index (Phi) is 5.81. The van der Waals surface area contributed by atoms with Gasteiger partial charge in [-0.25, -0.2) is 4.79 Å². The van der Waals surface area contributed by atoms with Gasteiger partial charge in [0.1, 0.15) is 0 Å². The van der Waals surface area contributed by atoms with Crippen LogP contribution in [0.25, 0.3) is 0 Å². The van der Waals surface area contributed by atoms with E-state index in [2.05, 4.69) is 19.1 Å². The van der Waals surface area contributed by atoms with Gasteiger partial charge < -0.3 is 15.4 Å². The third-order valence-corrected chi connectivity index (χ3v) is 4.26. The number of esters is 1. The molecule has 1 fully saturated rings. The summed E-state index contributed by atoms with van der Waals surface area (Å²) in [5.74, 6) is -0.268. The summed E-state index contributed by atoms with van der Waals surface area (Å²) in [4.78, 5) is 25.0. The number of hydrogen-bond acceptors (Lipinski definition) is 3. The number of nitrogens with two attached hydrogens (primary N) is 1. The van der Waals surface area contributed by atoms with Crippen molar-refractivity contribution < 1.29 is 14.3 Å². The van der Waals surface area contributed by atoms with Crippen LogP contribution in [0.5, 0.6) is 0 Å². The molecule has 0 aromatic heterocycles. The number of primary amides is 1. The highest BCUT2D eigenvalue weighted by atomic mass is 16.5. The highest BCUT2D eigenvalue weighted by molar-refractivity contribution is 5.76. The van der Waals surface area contributed by atoms with Crippen LogP contribution in [-0.2, 0) is 9.53 Å². The Balaban J connectivity index is 1.87. The summed E-state index contributed by atoms with van der Waals surface area (Å²) in [6.07, 6.45) is 2.46. The molecule has 22 heavy (non-hydrogen) atoms. The van der Waals surface area contributed by atoms with Crippen LogP contribution in [0.1, 0.15) is 37.7 Å². The zero-order chi connectivity index (χ0) is 15.9. The molecule has 5 heteroatoms. The number of likely N-dealkylation sites (tertiary alicyclic amines) is 1. The molecule has 2 atom stereocenters. The smallest absolute Gasteiger partial charge is 0.314 e. The Morgan fingerprint density at radius 3 is 2.73 bits per heavy atom. The van der Waals surface area contributed by atoms with Crippen molar-refractivity contribution in [2.24, 2.45) is 11.7 Å². The first-order valence-electron chi connectivity index (χ1n) is 7.87. The predicted molar refractivity (Wildman–Crippen MR) is 84.3 cm³/mol. The van der Waals surface area contributed by atoms with E-state index >= 15 is 0 Å². The molecule has 1 saturated heterocycles. The lowest BCUT2D eigenvalue weighted by molar-refractivity contribution is -0.150. The molecule has 1 aromatic rings. The van der Waals surface area contributed by atoms with Gasteiger partial charge in [-0.15, -0.1) is 0 Å². The van der Waals surface area contributed by atoms with Gasteiger partial charge in [-0.1, -0.05) is 37.3 Å². The van der Waals surface area contributed by atoms with E-state index in [-0.39, 0.29) is 17.8 Å². The molecule has 0 unspecified atom stereocenters. The summed E-state index contributed by atoms with van der Waals surface area (Å²) in [5.41, 5.74) is 6.46. The van der Waals surface area contributed by atoms with Crippen LogP contribution in [0.3, 0.4) is 0 Å². The summed E-state index contributed by atoms with van der Waals surface area (Å²) in [5, 5.41) is 0. The lowest BCUT2D eigenvalue weighted by Crippen LogP contribution is -2.45. The van der Waals surface area contributed by atoms with Gasteiger partial charge in [0.2, 0.25) is 0 Å². The zero-order valence-electron chi connectivity index (χ0n) is 13.0. The Bertz CT molecular complexity index is 504. The minimum atomic E-state index is -0.465. The van der Waals surface area contributed by atoms with Crippen molar-refractivity contribution in [3.8, 4) is 0 Å². The minimum Gasteiger partial charge on any atom is -0.465 e. The van der Waals surface area contributed by atoms with Crippen LogP contribution in [0, 0.1) is 5.92 Å². The van der Waals surface area contributed by atoms with Gasteiger partial charge in [-0.3, -0.25) is 4.79 Å². The van der Waals surface area contributed by atoms with Crippen LogP contribution in [0.2, 0.25) is 0 Å². The van der Waals surface area contributed by atoms with Gasteiger partial charge in [0.05, 0.1) is 12.5 Å². The van der Waals surface area contributed by atoms with Crippen molar-refractivity contribution in [2.45, 2.75) is 32.1 Å². The molecule has 0 aliphatic carbocycles. The van der Waals surface area contributed by atoms with E-state index in [1.165, 1.54) is 10.5 Å². The van der Waals surface area contributed by atoms with Gasteiger partial charge in [0.15, 0.2) is 0 Å². The number of piperidine rings is 1. The number of nitrogens with zero attached hydrogens (tertiary/aromatic N) is 1. The number of carbonyl (C=O) groups is 2. The number of carbonyl (C=O) groups excluding carboxylic acids is 2. The monoisotopic (exact) mass is 304 g/mol. The Hall–Kier alpha value is -2.04. The summed E-state index contributed by atoms with van der Waals surface area (Å²) >= 11 is 0. The first-order chi connectivity index (χ1) is 10.6. The molecule has 0 saturated carbocycles. The largest absolute Gasteiger partial charge is 0.465 e. The fourth-order valence-corrected chi connectivity index (χ4v) is 2.85. The molecule has 0 spiro atoms. The van der Waals surface area contributed by atoms with E-state index in [0.717, 1.165) is 19.3 Å². The SMILES string of the molecule is CC[C@@H](COC(=O)[C@@H]1CCCN(C(N)=O)C1)c1ccccc1. The fraction of sp³-hybridized carbons (Fsp3) is 0.529. The molecule has 2 N–H and O–H groups in total. The lowest BCUT2D eigenvalue weighted by atomic mass is 9.96. The van der Waals surface area contributed by atoms with Gasteiger partial charge in [0.25, 0.3) is 0 Å². The number of rotatable bonds is 5. The molecule has 1 aliphatic rings. The van der Waals surface area contributed by atoms with E-state index in [0.29, 0.717) is 19.7 Å². The molecule has 120 valence electrons. The number of hydrogen-bond donors (Lipinski definition) is 1. The highest BCUT2D eigenvalue weighted by Crippen LogP contribution is 2.22. The summed E-state index contributed by atoms with van der Waals surface area (Å²) < 4.78 is 5.50. The van der Waals surface area contributed by atoms with Crippen molar-refractivity contribution in [2.75, 3.05) is 19.7 Å². The van der Waals surface area contributed by atoms with Crippen molar-refractivity contribution in [1.29, 1.82) is 0 Å². The van der Waals surface area contributed by atoms with Crippen LogP contribution in [0.4, 0.5) is 4.79 Å². The second kappa shape index (κ2) is 7.82. The molecule has 5 nitrogen and oxygen atoms in total. The van der Waals surface area contributed by atoms with Crippen LogP contribution >= 0.6 is 0 Å². The Labute approximate surface area is 131 Å². The number of benzene rings is 1. The number of amides is 2.